The molecule has 0 unspecified atom stereocenters. The van der Waals surface area contributed by atoms with Crippen LogP contribution in [-0.2, 0) is 6.54 Å². The molecule has 3 heterocycles. The van der Waals surface area contributed by atoms with Gasteiger partial charge in [-0.05, 0) is 36.4 Å². The van der Waals surface area contributed by atoms with Crippen LogP contribution in [0.25, 0.3) is 21.9 Å². The van der Waals surface area contributed by atoms with E-state index in [0.717, 1.165) is 22.1 Å². The lowest BCUT2D eigenvalue weighted by Gasteiger charge is -2.13. The van der Waals surface area contributed by atoms with Crippen molar-refractivity contribution in [2.45, 2.75) is 6.54 Å². The summed E-state index contributed by atoms with van der Waals surface area (Å²) in [5, 5.41) is 12.0. The Morgan fingerprint density at radius 3 is 2.64 bits per heavy atom. The highest BCUT2D eigenvalue weighted by Crippen LogP contribution is 2.37. The highest BCUT2D eigenvalue weighted by atomic mass is 35.5. The number of rotatable bonds is 6. The van der Waals surface area contributed by atoms with E-state index < -0.39 is 0 Å². The normalized spacial score (nSPS) is 10.6. The molecule has 5 aromatic rings. The number of aromatic amines is 1. The second kappa shape index (κ2) is 10.5. The lowest BCUT2D eigenvalue weighted by Crippen LogP contribution is -2.10. The number of anilines is 2. The number of hydrogen-bond donors (Lipinski definition) is 3. The van der Waals surface area contributed by atoms with Crippen LogP contribution in [0.2, 0.25) is 10.0 Å². The van der Waals surface area contributed by atoms with Crippen LogP contribution in [-0.4, -0.2) is 31.3 Å². The van der Waals surface area contributed by atoms with Gasteiger partial charge in [-0.25, -0.2) is 9.97 Å². The molecule has 0 saturated carbocycles. The SMILES string of the molecule is Cl.Cl.NCCn1ccc2ncnc(Nc3ccc(Oc4ccc(Cl)c5[nH]ncc45)c(Cl)c3)c21. The van der Waals surface area contributed by atoms with Crippen molar-refractivity contribution in [1.82, 2.24) is 24.7 Å². The zero-order chi connectivity index (χ0) is 21.4. The zero-order valence-electron chi connectivity index (χ0n) is 17.0. The molecule has 8 nitrogen and oxygen atoms in total. The highest BCUT2D eigenvalue weighted by molar-refractivity contribution is 6.35. The van der Waals surface area contributed by atoms with Gasteiger partial charge < -0.3 is 20.4 Å². The van der Waals surface area contributed by atoms with E-state index in [-0.39, 0.29) is 24.8 Å². The number of aromatic nitrogens is 5. The predicted octanol–water partition coefficient (Wildman–Crippen LogP) is 5.95. The van der Waals surface area contributed by atoms with Gasteiger partial charge in [0.2, 0.25) is 0 Å². The molecule has 0 spiro atoms. The van der Waals surface area contributed by atoms with Crippen molar-refractivity contribution >= 4 is 81.5 Å². The van der Waals surface area contributed by atoms with E-state index in [1.807, 2.05) is 22.9 Å². The smallest absolute Gasteiger partial charge is 0.158 e. The summed E-state index contributed by atoms with van der Waals surface area (Å²) in [7, 11) is 0. The fourth-order valence-electron chi connectivity index (χ4n) is 3.43. The van der Waals surface area contributed by atoms with Gasteiger partial charge in [-0.1, -0.05) is 23.2 Å². The quantitative estimate of drug-likeness (QED) is 0.252. The Hall–Kier alpha value is -2.75. The molecule has 172 valence electrons. The average Bonchev–Trinajstić information content (AvgIpc) is 3.41. The van der Waals surface area contributed by atoms with Crippen LogP contribution >= 0.6 is 48.0 Å². The number of H-pyrrole nitrogens is 1. The summed E-state index contributed by atoms with van der Waals surface area (Å²) >= 11 is 12.7. The monoisotopic (exact) mass is 525 g/mol. The third-order valence-corrected chi connectivity index (χ3v) is 5.47. The Balaban J connectivity index is 0.00000153. The third-order valence-electron chi connectivity index (χ3n) is 4.86. The average molecular weight is 527 g/mol. The lowest BCUT2D eigenvalue weighted by atomic mass is 10.2. The van der Waals surface area contributed by atoms with Crippen molar-refractivity contribution in [2.75, 3.05) is 11.9 Å². The topological polar surface area (TPSA) is 107 Å². The summed E-state index contributed by atoms with van der Waals surface area (Å²) < 4.78 is 8.05. The third kappa shape index (κ3) is 4.80. The second-order valence-electron chi connectivity index (χ2n) is 6.83. The lowest BCUT2D eigenvalue weighted by molar-refractivity contribution is 0.488. The molecule has 3 aromatic heterocycles. The summed E-state index contributed by atoms with van der Waals surface area (Å²) in [5.41, 5.74) is 8.92. The number of nitrogens with two attached hydrogens (primary N) is 1. The minimum Gasteiger partial charge on any atom is -0.455 e. The van der Waals surface area contributed by atoms with E-state index in [9.17, 15) is 0 Å². The van der Waals surface area contributed by atoms with Gasteiger partial charge in [0.1, 0.15) is 23.3 Å². The minimum absolute atomic E-state index is 0. The van der Waals surface area contributed by atoms with Gasteiger partial charge in [-0.15, -0.1) is 24.8 Å². The van der Waals surface area contributed by atoms with Crippen LogP contribution in [0.3, 0.4) is 0 Å². The largest absolute Gasteiger partial charge is 0.455 e. The molecular formula is C21H19Cl4N7O. The van der Waals surface area contributed by atoms with Crippen LogP contribution in [0.15, 0.2) is 55.1 Å². The molecule has 5 rings (SSSR count). The maximum absolute atomic E-state index is 6.51. The van der Waals surface area contributed by atoms with Crippen molar-refractivity contribution < 1.29 is 4.74 Å². The van der Waals surface area contributed by atoms with E-state index in [0.29, 0.717) is 46.0 Å². The molecule has 12 heteroatoms. The van der Waals surface area contributed by atoms with Gasteiger partial charge in [0.25, 0.3) is 0 Å². The molecule has 4 N–H and O–H groups in total. The second-order valence-corrected chi connectivity index (χ2v) is 7.64. The van der Waals surface area contributed by atoms with Crippen LogP contribution in [0, 0.1) is 0 Å². The van der Waals surface area contributed by atoms with Gasteiger partial charge in [-0.3, -0.25) is 5.10 Å². The number of benzene rings is 2. The van der Waals surface area contributed by atoms with Crippen molar-refractivity contribution in [2.24, 2.45) is 5.73 Å². The zero-order valence-corrected chi connectivity index (χ0v) is 20.1. The summed E-state index contributed by atoms with van der Waals surface area (Å²) in [5.74, 6) is 1.79. The van der Waals surface area contributed by atoms with Crippen LogP contribution in [0.5, 0.6) is 11.5 Å². The Bertz CT molecular complexity index is 1400. The van der Waals surface area contributed by atoms with Crippen molar-refractivity contribution in [3.8, 4) is 11.5 Å². The molecule has 33 heavy (non-hydrogen) atoms. The van der Waals surface area contributed by atoms with Gasteiger partial charge >= 0.3 is 0 Å². The van der Waals surface area contributed by atoms with Crippen LogP contribution in [0.1, 0.15) is 0 Å². The van der Waals surface area contributed by atoms with E-state index in [4.69, 9.17) is 33.7 Å². The first-order chi connectivity index (χ1) is 15.1. The Morgan fingerprint density at radius 2 is 1.85 bits per heavy atom. The van der Waals surface area contributed by atoms with Gasteiger partial charge in [-0.2, -0.15) is 5.10 Å². The van der Waals surface area contributed by atoms with E-state index in [2.05, 4.69) is 25.5 Å². The summed E-state index contributed by atoms with van der Waals surface area (Å²) in [6, 6.07) is 10.9. The molecule has 0 atom stereocenters. The predicted molar refractivity (Wildman–Crippen MR) is 137 cm³/mol. The number of hydrogen-bond acceptors (Lipinski definition) is 6. The van der Waals surface area contributed by atoms with E-state index in [1.54, 1.807) is 30.5 Å². The van der Waals surface area contributed by atoms with Gasteiger partial charge in [0.05, 0.1) is 32.7 Å². The standard InChI is InChI=1S/C21H17Cl2N7O.2ClH/c22-14-2-4-17(13-10-27-29-19(13)14)31-18-3-1-12(9-15(18)23)28-21-20-16(25-11-26-21)5-7-30(20)8-6-24;;/h1-5,7,9-11H,6,8,24H2,(H,27,29)(H,25,26,28);2*1H. The van der Waals surface area contributed by atoms with Gasteiger partial charge in [0, 0.05) is 25.0 Å². The van der Waals surface area contributed by atoms with Crippen LogP contribution < -0.4 is 15.8 Å². The van der Waals surface area contributed by atoms with Crippen molar-refractivity contribution in [3.05, 3.63) is 65.2 Å². The van der Waals surface area contributed by atoms with Gasteiger partial charge in [0.15, 0.2) is 5.82 Å². The van der Waals surface area contributed by atoms with Crippen molar-refractivity contribution in [1.29, 1.82) is 0 Å². The molecule has 0 aliphatic heterocycles. The molecule has 0 fully saturated rings. The van der Waals surface area contributed by atoms with E-state index >= 15 is 0 Å². The first-order valence-corrected chi connectivity index (χ1v) is 10.3. The molecule has 0 amide bonds. The summed E-state index contributed by atoms with van der Waals surface area (Å²) in [4.78, 5) is 8.71. The van der Waals surface area contributed by atoms with Crippen LogP contribution in [0.4, 0.5) is 11.5 Å². The molecule has 0 saturated heterocycles. The fraction of sp³-hybridized carbons (Fsp3) is 0.0952. The molecule has 0 aliphatic carbocycles. The Kier molecular flexibility index (Phi) is 7.88. The first-order valence-electron chi connectivity index (χ1n) is 9.50. The Labute approximate surface area is 211 Å². The highest BCUT2D eigenvalue weighted by Gasteiger charge is 2.13. The maximum Gasteiger partial charge on any atom is 0.158 e. The molecule has 0 aliphatic rings. The summed E-state index contributed by atoms with van der Waals surface area (Å²) in [6.45, 7) is 1.19. The molecule has 0 radical (unpaired) electrons. The molecule has 2 aromatic carbocycles. The maximum atomic E-state index is 6.51. The number of nitrogens with one attached hydrogen (secondary N) is 2. The number of halogens is 4. The Morgan fingerprint density at radius 1 is 1.03 bits per heavy atom. The minimum atomic E-state index is 0. The fourth-order valence-corrected chi connectivity index (χ4v) is 3.86. The summed E-state index contributed by atoms with van der Waals surface area (Å²) in [6.07, 6.45) is 5.13. The first kappa shape index (κ1) is 24.9. The van der Waals surface area contributed by atoms with Crippen molar-refractivity contribution in [3.63, 3.8) is 0 Å². The van der Waals surface area contributed by atoms with E-state index in [1.165, 1.54) is 6.33 Å². The number of ether oxygens (including phenoxy) is 1. The number of fused-ring (bicyclic) bond motifs is 2. The molecular weight excluding hydrogens is 508 g/mol. The number of nitrogens with zero attached hydrogens (tertiary/aromatic N) is 4. The molecule has 0 bridgehead atoms.